The summed E-state index contributed by atoms with van der Waals surface area (Å²) in [5.74, 6) is 0.192. The van der Waals surface area contributed by atoms with E-state index in [-0.39, 0.29) is 18.3 Å². The van der Waals surface area contributed by atoms with E-state index in [4.69, 9.17) is 18.9 Å². The average molecular weight is 636 g/mol. The zero-order valence-corrected chi connectivity index (χ0v) is 27.6. The molecular formula is C34H46BN3O8. The van der Waals surface area contributed by atoms with Crippen LogP contribution < -0.4 is 30.2 Å². The third-order valence-electron chi connectivity index (χ3n) is 7.31. The van der Waals surface area contributed by atoms with Crippen molar-refractivity contribution in [3.05, 3.63) is 72.3 Å². The van der Waals surface area contributed by atoms with Crippen LogP contribution in [0.5, 0.6) is 17.2 Å². The van der Waals surface area contributed by atoms with E-state index >= 15 is 0 Å². The Balaban J connectivity index is 1.95. The van der Waals surface area contributed by atoms with E-state index in [9.17, 15) is 19.6 Å². The summed E-state index contributed by atoms with van der Waals surface area (Å²) in [6.45, 7) is 7.46. The van der Waals surface area contributed by atoms with Crippen LogP contribution in [0.15, 0.2) is 66.7 Å². The van der Waals surface area contributed by atoms with E-state index in [1.807, 2.05) is 82.3 Å². The summed E-state index contributed by atoms with van der Waals surface area (Å²) in [4.78, 5) is 27.5. The van der Waals surface area contributed by atoms with Gasteiger partial charge in [-0.25, -0.2) is 0 Å². The van der Waals surface area contributed by atoms with Crippen LogP contribution >= 0.6 is 0 Å². The molecule has 0 unspecified atom stereocenters. The van der Waals surface area contributed by atoms with Crippen molar-refractivity contribution in [1.82, 2.24) is 10.6 Å². The summed E-state index contributed by atoms with van der Waals surface area (Å²) >= 11 is 0. The number of hydrogen-bond donors (Lipinski definition) is 5. The first-order valence-corrected chi connectivity index (χ1v) is 15.3. The minimum absolute atomic E-state index is 0.0925. The molecule has 3 aromatic rings. The van der Waals surface area contributed by atoms with Gasteiger partial charge in [-0.2, -0.15) is 0 Å². The van der Waals surface area contributed by atoms with Gasteiger partial charge in [-0.3, -0.25) is 9.59 Å². The molecule has 12 heteroatoms. The molecule has 0 heterocycles. The molecule has 0 aliphatic carbocycles. The van der Waals surface area contributed by atoms with Gasteiger partial charge in [0.15, 0.2) is 11.5 Å². The highest BCUT2D eigenvalue weighted by Gasteiger charge is 2.31. The van der Waals surface area contributed by atoms with Crippen molar-refractivity contribution in [1.29, 1.82) is 0 Å². The molecule has 0 fully saturated rings. The number of ether oxygens (including phenoxy) is 3. The predicted molar refractivity (Wildman–Crippen MR) is 179 cm³/mol. The summed E-state index contributed by atoms with van der Waals surface area (Å²) in [5, 5.41) is 27.7. The van der Waals surface area contributed by atoms with E-state index in [1.54, 1.807) is 12.1 Å². The third-order valence-corrected chi connectivity index (χ3v) is 7.31. The first kappa shape index (κ1) is 36.2. The molecule has 3 aromatic carbocycles. The van der Waals surface area contributed by atoms with Crippen molar-refractivity contribution in [2.24, 2.45) is 11.8 Å². The number of nitrogens with one attached hydrogen (secondary N) is 3. The Labute approximate surface area is 271 Å². The molecule has 3 atom stereocenters. The van der Waals surface area contributed by atoms with Crippen molar-refractivity contribution in [3.8, 4) is 28.4 Å². The fraction of sp³-hybridized carbons (Fsp3) is 0.412. The van der Waals surface area contributed by atoms with E-state index in [0.29, 0.717) is 29.4 Å². The third kappa shape index (κ3) is 10.4. The minimum atomic E-state index is -2.06. The monoisotopic (exact) mass is 635 g/mol. The number of rotatable bonds is 17. The second-order valence-electron chi connectivity index (χ2n) is 11.7. The molecule has 0 aliphatic heterocycles. The fourth-order valence-electron chi connectivity index (χ4n) is 5.08. The van der Waals surface area contributed by atoms with E-state index in [0.717, 1.165) is 16.7 Å². The van der Waals surface area contributed by atoms with Crippen LogP contribution in [-0.4, -0.2) is 68.8 Å². The minimum Gasteiger partial charge on any atom is -0.493 e. The molecule has 11 nitrogen and oxygen atoms in total. The lowest BCUT2D eigenvalue weighted by Gasteiger charge is -2.28. The summed E-state index contributed by atoms with van der Waals surface area (Å²) in [7, 11) is 2.51. The lowest BCUT2D eigenvalue weighted by atomic mass is 9.99. The molecule has 3 rings (SSSR count). The molecule has 0 radical (unpaired) electrons. The van der Waals surface area contributed by atoms with Crippen LogP contribution in [-0.2, 0) is 20.7 Å². The molecule has 0 spiro atoms. The number of anilines is 1. The number of carbonyl (C=O) groups excluding carboxylic acids is 2. The van der Waals surface area contributed by atoms with Crippen molar-refractivity contribution >= 4 is 24.8 Å². The maximum atomic E-state index is 14.0. The maximum Gasteiger partial charge on any atom is 0.635 e. The highest BCUT2D eigenvalue weighted by Crippen LogP contribution is 2.38. The van der Waals surface area contributed by atoms with Crippen LogP contribution in [0, 0.1) is 11.8 Å². The summed E-state index contributed by atoms with van der Waals surface area (Å²) in [6.07, 6.45) is -0.412. The van der Waals surface area contributed by atoms with Crippen molar-refractivity contribution in [2.75, 3.05) is 26.6 Å². The quantitative estimate of drug-likeness (QED) is 0.110. The standard InChI is InChI=1S/C34H46BN3O8/c1-21(2)16-30(46-35(41)42)37-34(40)31(22(3)4)38-33(39)27(17-23-18-28(43-5)32(45-7)29(19-23)44-6)36-26-15-11-14-25(20-26)24-12-9-8-10-13-24/h8-15,18-22,27,30-31,36,41-42H,16-17H2,1-7H3,(H,37,40)(H,38,39)/t27-,30+,31+/m0/s1. The van der Waals surface area contributed by atoms with Gasteiger partial charge in [0.2, 0.25) is 17.6 Å². The van der Waals surface area contributed by atoms with Crippen LogP contribution in [0.25, 0.3) is 11.1 Å². The van der Waals surface area contributed by atoms with E-state index < -0.39 is 37.4 Å². The number of hydrogen-bond acceptors (Lipinski definition) is 9. The Morgan fingerprint density at radius 2 is 1.41 bits per heavy atom. The molecule has 2 amide bonds. The van der Waals surface area contributed by atoms with E-state index in [2.05, 4.69) is 16.0 Å². The van der Waals surface area contributed by atoms with Crippen molar-refractivity contribution in [2.45, 2.75) is 58.8 Å². The number of benzene rings is 3. The molecule has 46 heavy (non-hydrogen) atoms. The average Bonchev–Trinajstić information content (AvgIpc) is 3.02. The van der Waals surface area contributed by atoms with Gasteiger partial charge in [0, 0.05) is 12.1 Å². The highest BCUT2D eigenvalue weighted by molar-refractivity contribution is 6.32. The fourth-order valence-corrected chi connectivity index (χ4v) is 5.08. The molecule has 0 saturated heterocycles. The first-order valence-electron chi connectivity index (χ1n) is 15.3. The highest BCUT2D eigenvalue weighted by atomic mass is 16.6. The Morgan fingerprint density at radius 3 is 1.96 bits per heavy atom. The van der Waals surface area contributed by atoms with E-state index in [1.165, 1.54) is 21.3 Å². The SMILES string of the molecule is COc1cc(C[C@H](Nc2cccc(-c3ccccc3)c2)C(=O)N[C@@H](C(=O)N[C@@H](CC(C)C)OB(O)O)C(C)C)cc(OC)c1OC. The Morgan fingerprint density at radius 1 is 0.783 bits per heavy atom. The maximum absolute atomic E-state index is 14.0. The molecule has 0 saturated carbocycles. The molecule has 0 aromatic heterocycles. The Bertz CT molecular complexity index is 1390. The number of carbonyl (C=O) groups is 2. The van der Waals surface area contributed by atoms with Crippen LogP contribution in [0.1, 0.15) is 39.7 Å². The second kappa shape index (κ2) is 17.4. The van der Waals surface area contributed by atoms with Crippen molar-refractivity contribution < 1.29 is 38.5 Å². The Kier molecular flexibility index (Phi) is 13.7. The summed E-state index contributed by atoms with van der Waals surface area (Å²) in [6, 6.07) is 19.4. The smallest absolute Gasteiger partial charge is 0.493 e. The van der Waals surface area contributed by atoms with Gasteiger partial charge in [-0.05, 0) is 59.2 Å². The topological polar surface area (TPSA) is 148 Å². The van der Waals surface area contributed by atoms with Crippen LogP contribution in [0.4, 0.5) is 5.69 Å². The van der Waals surface area contributed by atoms with Gasteiger partial charge in [0.05, 0.1) is 21.3 Å². The molecule has 248 valence electrons. The molecular weight excluding hydrogens is 589 g/mol. The Hall–Kier alpha value is -4.26. The van der Waals surface area contributed by atoms with Gasteiger partial charge in [-0.15, -0.1) is 0 Å². The van der Waals surface area contributed by atoms with Gasteiger partial charge in [-0.1, -0.05) is 70.2 Å². The zero-order chi connectivity index (χ0) is 33.8. The number of methoxy groups -OCH3 is 3. The largest absolute Gasteiger partial charge is 0.635 e. The van der Waals surface area contributed by atoms with Crippen LogP contribution in [0.3, 0.4) is 0 Å². The molecule has 5 N–H and O–H groups in total. The summed E-state index contributed by atoms with van der Waals surface area (Å²) in [5.41, 5.74) is 3.44. The molecule has 0 bridgehead atoms. The summed E-state index contributed by atoms with van der Waals surface area (Å²) < 4.78 is 21.6. The molecule has 0 aliphatic rings. The van der Waals surface area contributed by atoms with Crippen LogP contribution in [0.2, 0.25) is 0 Å². The first-order chi connectivity index (χ1) is 21.9. The lowest BCUT2D eigenvalue weighted by Crippen LogP contribution is -2.56. The normalized spacial score (nSPS) is 13.0. The van der Waals surface area contributed by atoms with Gasteiger partial charge in [0.25, 0.3) is 0 Å². The zero-order valence-electron chi connectivity index (χ0n) is 27.6. The van der Waals surface area contributed by atoms with Gasteiger partial charge < -0.3 is 44.9 Å². The predicted octanol–water partition coefficient (Wildman–Crippen LogP) is 4.02. The van der Waals surface area contributed by atoms with Gasteiger partial charge >= 0.3 is 7.32 Å². The van der Waals surface area contributed by atoms with Gasteiger partial charge in [0.1, 0.15) is 18.3 Å². The lowest BCUT2D eigenvalue weighted by molar-refractivity contribution is -0.132. The van der Waals surface area contributed by atoms with Crippen molar-refractivity contribution in [3.63, 3.8) is 0 Å². The number of amides is 2. The second-order valence-corrected chi connectivity index (χ2v) is 11.7.